The maximum atomic E-state index is 13.3. The van der Waals surface area contributed by atoms with E-state index in [-0.39, 0.29) is 18.8 Å². The van der Waals surface area contributed by atoms with E-state index in [1.54, 1.807) is 39.8 Å². The van der Waals surface area contributed by atoms with Gasteiger partial charge in [-0.2, -0.15) is 0 Å². The van der Waals surface area contributed by atoms with Crippen LogP contribution < -0.4 is 10.6 Å². The van der Waals surface area contributed by atoms with Gasteiger partial charge in [0.05, 0.1) is 6.61 Å². The largest absolute Gasteiger partial charge is 0.508 e. The monoisotopic (exact) mass is 471 g/mol. The molecule has 4 N–H and O–H groups in total. The highest BCUT2D eigenvalue weighted by molar-refractivity contribution is 5.92. The van der Waals surface area contributed by atoms with Crippen LogP contribution in [-0.2, 0) is 20.9 Å². The molecule has 0 aliphatic heterocycles. The van der Waals surface area contributed by atoms with Gasteiger partial charge in [-0.05, 0) is 51.0 Å². The van der Waals surface area contributed by atoms with Crippen molar-refractivity contribution in [2.75, 3.05) is 13.2 Å². The Morgan fingerprint density at radius 1 is 1.03 bits per heavy atom. The van der Waals surface area contributed by atoms with Gasteiger partial charge in [-0.3, -0.25) is 9.59 Å². The molecule has 0 heterocycles. The van der Waals surface area contributed by atoms with E-state index < -0.39 is 42.2 Å². The zero-order valence-electron chi connectivity index (χ0n) is 19.9. The highest BCUT2D eigenvalue weighted by Gasteiger charge is 2.35. The second-order valence-electron chi connectivity index (χ2n) is 8.70. The summed E-state index contributed by atoms with van der Waals surface area (Å²) in [7, 11) is 0. The summed E-state index contributed by atoms with van der Waals surface area (Å²) in [5, 5.41) is 24.7. The number of aliphatic hydroxyl groups excluding tert-OH is 1. The van der Waals surface area contributed by atoms with Gasteiger partial charge in [-0.15, -0.1) is 0 Å². The number of likely N-dealkylation sites (N-methyl/N-ethyl adjacent to an activating group) is 1. The minimum absolute atomic E-state index is 0.0152. The lowest BCUT2D eigenvalue weighted by Gasteiger charge is -2.33. The van der Waals surface area contributed by atoms with E-state index in [1.807, 2.05) is 30.3 Å². The van der Waals surface area contributed by atoms with Crippen LogP contribution in [0.5, 0.6) is 5.75 Å². The van der Waals surface area contributed by atoms with E-state index in [4.69, 9.17) is 4.74 Å². The Labute approximate surface area is 199 Å². The predicted molar refractivity (Wildman–Crippen MR) is 127 cm³/mol. The number of phenols is 1. The molecule has 0 aromatic heterocycles. The number of rotatable bonds is 9. The summed E-state index contributed by atoms with van der Waals surface area (Å²) < 4.78 is 5.19. The number of nitrogens with zero attached hydrogens (tertiary/aromatic N) is 1. The first kappa shape index (κ1) is 26.7. The molecule has 0 saturated heterocycles. The van der Waals surface area contributed by atoms with Gasteiger partial charge in [-0.25, -0.2) is 4.79 Å². The maximum absolute atomic E-state index is 13.3. The zero-order valence-corrected chi connectivity index (χ0v) is 19.9. The molecule has 0 bridgehead atoms. The molecule has 0 aliphatic carbocycles. The minimum atomic E-state index is -1.31. The molecule has 0 spiro atoms. The van der Waals surface area contributed by atoms with Crippen LogP contribution >= 0.6 is 0 Å². The van der Waals surface area contributed by atoms with Gasteiger partial charge in [0.1, 0.15) is 23.4 Å². The van der Waals surface area contributed by atoms with Gasteiger partial charge in [0, 0.05) is 13.1 Å². The lowest BCUT2D eigenvalue weighted by Crippen LogP contribution is -2.54. The topological polar surface area (TPSA) is 128 Å². The SMILES string of the molecule is CCN(C(=O)C(CO)NC(=O)OC(C)(C)C)C(C(=O)NCc1ccccc1)c1ccc(O)cc1. The zero-order chi connectivity index (χ0) is 25.3. The molecule has 0 radical (unpaired) electrons. The third-order valence-corrected chi connectivity index (χ3v) is 4.87. The second-order valence-corrected chi connectivity index (χ2v) is 8.70. The van der Waals surface area contributed by atoms with Crippen LogP contribution in [-0.4, -0.2) is 57.8 Å². The van der Waals surface area contributed by atoms with Crippen LogP contribution in [0.4, 0.5) is 4.79 Å². The Morgan fingerprint density at radius 2 is 1.65 bits per heavy atom. The molecule has 0 saturated carbocycles. The van der Waals surface area contributed by atoms with E-state index in [0.29, 0.717) is 5.56 Å². The van der Waals surface area contributed by atoms with Crippen LogP contribution in [0.3, 0.4) is 0 Å². The number of amides is 3. The summed E-state index contributed by atoms with van der Waals surface area (Å²) in [6.45, 7) is 6.42. The minimum Gasteiger partial charge on any atom is -0.508 e. The van der Waals surface area contributed by atoms with E-state index in [1.165, 1.54) is 17.0 Å². The van der Waals surface area contributed by atoms with Crippen molar-refractivity contribution >= 4 is 17.9 Å². The predicted octanol–water partition coefficient (Wildman–Crippen LogP) is 2.48. The number of carbonyl (C=O) groups excluding carboxylic acids is 3. The molecule has 184 valence electrons. The van der Waals surface area contributed by atoms with Crippen molar-refractivity contribution < 1.29 is 29.3 Å². The number of hydrogen-bond donors (Lipinski definition) is 4. The molecule has 34 heavy (non-hydrogen) atoms. The lowest BCUT2D eigenvalue weighted by atomic mass is 10.0. The van der Waals surface area contributed by atoms with E-state index in [9.17, 15) is 24.6 Å². The third kappa shape index (κ3) is 7.77. The molecule has 2 rings (SSSR count). The van der Waals surface area contributed by atoms with E-state index in [2.05, 4.69) is 10.6 Å². The Kier molecular flexibility index (Phi) is 9.44. The number of phenolic OH excluding ortho intramolecular Hbond substituents is 1. The average molecular weight is 472 g/mol. The normalized spacial score (nSPS) is 12.9. The van der Waals surface area contributed by atoms with Gasteiger partial charge in [0.25, 0.3) is 0 Å². The molecule has 0 fully saturated rings. The summed E-state index contributed by atoms with van der Waals surface area (Å²) in [5.74, 6) is -1.08. The van der Waals surface area contributed by atoms with Crippen molar-refractivity contribution in [1.82, 2.24) is 15.5 Å². The smallest absolute Gasteiger partial charge is 0.408 e. The summed E-state index contributed by atoms with van der Waals surface area (Å²) in [6, 6.07) is 12.9. The number of aromatic hydroxyl groups is 1. The van der Waals surface area contributed by atoms with Crippen molar-refractivity contribution in [2.24, 2.45) is 0 Å². The standard InChI is InChI=1S/C25H33N3O6/c1-5-28(23(32)20(16-29)27-24(33)34-25(2,3)4)21(18-11-13-19(30)14-12-18)22(31)26-15-17-9-7-6-8-10-17/h6-14,20-21,29-30H,5,15-16H2,1-4H3,(H,26,31)(H,27,33). The van der Waals surface area contributed by atoms with Crippen molar-refractivity contribution in [3.63, 3.8) is 0 Å². The van der Waals surface area contributed by atoms with Gasteiger partial charge in [-0.1, -0.05) is 42.5 Å². The molecule has 2 aromatic rings. The van der Waals surface area contributed by atoms with Crippen molar-refractivity contribution in [2.45, 2.75) is 51.9 Å². The molecule has 3 amide bonds. The Hall–Kier alpha value is -3.59. The van der Waals surface area contributed by atoms with Gasteiger partial charge in [0.15, 0.2) is 0 Å². The number of nitrogens with one attached hydrogen (secondary N) is 2. The summed E-state index contributed by atoms with van der Waals surface area (Å²) in [6.07, 6.45) is -0.856. The summed E-state index contributed by atoms with van der Waals surface area (Å²) >= 11 is 0. The number of hydrogen-bond acceptors (Lipinski definition) is 6. The van der Waals surface area contributed by atoms with Crippen LogP contribution in [0.2, 0.25) is 0 Å². The number of carbonyl (C=O) groups is 3. The quantitative estimate of drug-likeness (QED) is 0.445. The number of aliphatic hydroxyl groups is 1. The van der Waals surface area contributed by atoms with Crippen molar-refractivity contribution in [1.29, 1.82) is 0 Å². The highest BCUT2D eigenvalue weighted by atomic mass is 16.6. The van der Waals surface area contributed by atoms with Crippen LogP contribution in [0.15, 0.2) is 54.6 Å². The van der Waals surface area contributed by atoms with E-state index in [0.717, 1.165) is 5.56 Å². The molecule has 2 aromatic carbocycles. The van der Waals surface area contributed by atoms with Crippen LogP contribution in [0.1, 0.15) is 44.9 Å². The van der Waals surface area contributed by atoms with Crippen LogP contribution in [0, 0.1) is 0 Å². The van der Waals surface area contributed by atoms with Gasteiger partial charge in [0.2, 0.25) is 11.8 Å². The van der Waals surface area contributed by atoms with Crippen molar-refractivity contribution in [3.05, 3.63) is 65.7 Å². The van der Waals surface area contributed by atoms with Crippen molar-refractivity contribution in [3.8, 4) is 5.75 Å². The molecule has 2 unspecified atom stereocenters. The highest BCUT2D eigenvalue weighted by Crippen LogP contribution is 2.24. The van der Waals surface area contributed by atoms with E-state index >= 15 is 0 Å². The average Bonchev–Trinajstić information content (AvgIpc) is 2.79. The molecular formula is C25H33N3O6. The Balaban J connectivity index is 2.29. The first-order valence-corrected chi connectivity index (χ1v) is 11.1. The fraction of sp³-hybridized carbons (Fsp3) is 0.400. The third-order valence-electron chi connectivity index (χ3n) is 4.87. The molecular weight excluding hydrogens is 438 g/mol. The summed E-state index contributed by atoms with van der Waals surface area (Å²) in [5.41, 5.74) is 0.561. The Morgan fingerprint density at radius 3 is 2.18 bits per heavy atom. The first-order valence-electron chi connectivity index (χ1n) is 11.1. The second kappa shape index (κ2) is 12.0. The first-order chi connectivity index (χ1) is 16.1. The molecule has 2 atom stereocenters. The number of alkyl carbamates (subject to hydrolysis) is 1. The van der Waals surface area contributed by atoms with Gasteiger partial charge < -0.3 is 30.5 Å². The number of ether oxygens (including phenoxy) is 1. The fourth-order valence-electron chi connectivity index (χ4n) is 3.31. The van der Waals surface area contributed by atoms with Gasteiger partial charge >= 0.3 is 6.09 Å². The molecule has 0 aliphatic rings. The maximum Gasteiger partial charge on any atom is 0.408 e. The molecule has 9 nitrogen and oxygen atoms in total. The summed E-state index contributed by atoms with van der Waals surface area (Å²) in [4.78, 5) is 40.1. The molecule has 9 heteroatoms. The van der Waals surface area contributed by atoms with Crippen LogP contribution in [0.25, 0.3) is 0 Å². The Bertz CT molecular complexity index is 957. The number of benzene rings is 2. The lowest BCUT2D eigenvalue weighted by molar-refractivity contribution is -0.143. The fourth-order valence-corrected chi connectivity index (χ4v) is 3.31.